The number of piperazine rings is 1. The van der Waals surface area contributed by atoms with Crippen LogP contribution in [0.15, 0.2) is 41.4 Å². The minimum Gasteiger partial charge on any atom is -0.310 e. The van der Waals surface area contributed by atoms with Crippen molar-refractivity contribution in [1.82, 2.24) is 14.2 Å². The van der Waals surface area contributed by atoms with Gasteiger partial charge in [0.05, 0.1) is 16.5 Å². The Hall–Kier alpha value is -2.00. The first-order chi connectivity index (χ1) is 13.3. The van der Waals surface area contributed by atoms with Gasteiger partial charge in [-0.15, -0.1) is 0 Å². The summed E-state index contributed by atoms with van der Waals surface area (Å²) in [5.74, 6) is 0.242. The molecule has 0 radical (unpaired) electrons. The van der Waals surface area contributed by atoms with Crippen LogP contribution in [0.2, 0.25) is 5.02 Å². The Kier molecular flexibility index (Phi) is 6.34. The highest BCUT2D eigenvalue weighted by atomic mass is 35.5. The fourth-order valence-electron chi connectivity index (χ4n) is 3.19. The topological polar surface area (TPSA) is 82.6 Å². The van der Waals surface area contributed by atoms with E-state index in [1.54, 1.807) is 18.2 Å². The highest BCUT2D eigenvalue weighted by Gasteiger charge is 2.30. The van der Waals surface area contributed by atoms with E-state index in [9.17, 15) is 13.2 Å². The molecule has 2 aromatic rings. The number of nitrogens with one attached hydrogen (secondary N) is 1. The molecule has 0 saturated carbocycles. The Balaban J connectivity index is 1.56. The number of anilines is 1. The molecule has 1 aromatic heterocycles. The van der Waals surface area contributed by atoms with Gasteiger partial charge in [-0.3, -0.25) is 9.69 Å². The number of aromatic nitrogens is 1. The number of carbonyl (C=O) groups excluding carboxylic acids is 1. The van der Waals surface area contributed by atoms with Crippen molar-refractivity contribution in [2.24, 2.45) is 0 Å². The summed E-state index contributed by atoms with van der Waals surface area (Å²) in [4.78, 5) is 18.5. The number of hydrogen-bond acceptors (Lipinski definition) is 5. The van der Waals surface area contributed by atoms with Crippen LogP contribution >= 0.6 is 11.6 Å². The van der Waals surface area contributed by atoms with Gasteiger partial charge in [0.2, 0.25) is 15.9 Å². The molecular formula is C19H23ClN4O3S. The number of aryl methyl sites for hydroxylation is 2. The summed E-state index contributed by atoms with van der Waals surface area (Å²) >= 11 is 5.78. The number of halogens is 1. The van der Waals surface area contributed by atoms with Crippen LogP contribution in [0.25, 0.3) is 0 Å². The average Bonchev–Trinajstić information content (AvgIpc) is 2.64. The summed E-state index contributed by atoms with van der Waals surface area (Å²) in [6, 6.07) is 8.64. The van der Waals surface area contributed by atoms with Crippen LogP contribution in [0.3, 0.4) is 0 Å². The molecule has 28 heavy (non-hydrogen) atoms. The van der Waals surface area contributed by atoms with Crippen LogP contribution in [0.5, 0.6) is 0 Å². The lowest BCUT2D eigenvalue weighted by atomic mass is 10.2. The number of nitrogens with zero attached hydrogens (tertiary/aromatic N) is 3. The van der Waals surface area contributed by atoms with E-state index in [4.69, 9.17) is 11.6 Å². The van der Waals surface area contributed by atoms with Gasteiger partial charge in [0.1, 0.15) is 5.82 Å². The van der Waals surface area contributed by atoms with E-state index in [2.05, 4.69) is 10.3 Å². The van der Waals surface area contributed by atoms with Crippen molar-refractivity contribution in [2.45, 2.75) is 18.7 Å². The molecule has 9 heteroatoms. The Bertz CT molecular complexity index is 956. The first kappa shape index (κ1) is 20.7. The maximum atomic E-state index is 12.9. The molecule has 1 saturated heterocycles. The molecule has 0 unspecified atom stereocenters. The highest BCUT2D eigenvalue weighted by molar-refractivity contribution is 7.89. The Morgan fingerprint density at radius 3 is 2.46 bits per heavy atom. The van der Waals surface area contributed by atoms with Crippen molar-refractivity contribution in [3.8, 4) is 0 Å². The molecule has 1 aliphatic rings. The molecule has 2 heterocycles. The first-order valence-corrected chi connectivity index (χ1v) is 10.8. The third-order valence-corrected chi connectivity index (χ3v) is 6.92. The van der Waals surface area contributed by atoms with E-state index >= 15 is 0 Å². The largest absolute Gasteiger partial charge is 0.310 e. The molecule has 7 nitrogen and oxygen atoms in total. The number of carbonyl (C=O) groups is 1. The molecule has 0 spiro atoms. The molecule has 3 rings (SSSR count). The van der Waals surface area contributed by atoms with Crippen molar-refractivity contribution in [1.29, 1.82) is 0 Å². The van der Waals surface area contributed by atoms with E-state index in [1.807, 2.05) is 30.9 Å². The second-order valence-corrected chi connectivity index (χ2v) is 9.20. The number of hydrogen-bond donors (Lipinski definition) is 1. The summed E-state index contributed by atoms with van der Waals surface area (Å²) in [7, 11) is -3.53. The summed E-state index contributed by atoms with van der Waals surface area (Å²) in [5.41, 5.74) is 1.78. The maximum Gasteiger partial charge on any atom is 0.243 e. The maximum absolute atomic E-state index is 12.9. The van der Waals surface area contributed by atoms with E-state index in [0.717, 1.165) is 11.1 Å². The van der Waals surface area contributed by atoms with E-state index in [-0.39, 0.29) is 12.5 Å². The normalized spacial score (nSPS) is 16.1. The second kappa shape index (κ2) is 8.57. The fourth-order valence-corrected chi connectivity index (χ4v) is 4.93. The summed E-state index contributed by atoms with van der Waals surface area (Å²) in [6.45, 7) is 5.61. The van der Waals surface area contributed by atoms with Crippen LogP contribution in [-0.4, -0.2) is 61.2 Å². The van der Waals surface area contributed by atoms with Gasteiger partial charge >= 0.3 is 0 Å². The first-order valence-electron chi connectivity index (χ1n) is 8.97. The van der Waals surface area contributed by atoms with Gasteiger partial charge in [-0.1, -0.05) is 29.3 Å². The fraction of sp³-hybridized carbons (Fsp3) is 0.368. The van der Waals surface area contributed by atoms with Gasteiger partial charge in [0, 0.05) is 32.4 Å². The molecular weight excluding hydrogens is 400 g/mol. The zero-order valence-corrected chi connectivity index (χ0v) is 17.4. The van der Waals surface area contributed by atoms with Crippen molar-refractivity contribution >= 4 is 33.3 Å². The van der Waals surface area contributed by atoms with Crippen LogP contribution in [0.1, 0.15) is 11.1 Å². The van der Waals surface area contributed by atoms with Crippen molar-refractivity contribution < 1.29 is 13.2 Å². The third-order valence-electron chi connectivity index (χ3n) is 4.64. The Labute approximate surface area is 170 Å². The van der Waals surface area contributed by atoms with Gasteiger partial charge in [-0.25, -0.2) is 13.4 Å². The van der Waals surface area contributed by atoms with E-state index in [1.165, 1.54) is 10.5 Å². The molecule has 1 N–H and O–H groups in total. The van der Waals surface area contributed by atoms with Crippen molar-refractivity contribution in [3.63, 3.8) is 0 Å². The quantitative estimate of drug-likeness (QED) is 0.799. The van der Waals surface area contributed by atoms with Crippen LogP contribution in [0, 0.1) is 13.8 Å². The average molecular weight is 423 g/mol. The Morgan fingerprint density at radius 1 is 1.14 bits per heavy atom. The molecule has 0 aliphatic carbocycles. The highest BCUT2D eigenvalue weighted by Crippen LogP contribution is 2.22. The van der Waals surface area contributed by atoms with Gasteiger partial charge in [0.15, 0.2) is 0 Å². The summed E-state index contributed by atoms with van der Waals surface area (Å²) in [5, 5.41) is 3.21. The molecule has 1 fully saturated rings. The van der Waals surface area contributed by atoms with Gasteiger partial charge < -0.3 is 5.32 Å². The zero-order valence-electron chi connectivity index (χ0n) is 15.9. The van der Waals surface area contributed by atoms with Crippen molar-refractivity contribution in [3.05, 3.63) is 52.7 Å². The van der Waals surface area contributed by atoms with Gasteiger partial charge in [0.25, 0.3) is 0 Å². The van der Waals surface area contributed by atoms with E-state index < -0.39 is 10.0 Å². The number of amides is 1. The predicted molar refractivity (Wildman–Crippen MR) is 109 cm³/mol. The molecule has 1 aromatic carbocycles. The zero-order chi connectivity index (χ0) is 20.3. The number of benzene rings is 1. The van der Waals surface area contributed by atoms with Crippen LogP contribution in [-0.2, 0) is 14.8 Å². The number of pyridine rings is 1. The lowest BCUT2D eigenvalue weighted by Crippen LogP contribution is -2.50. The van der Waals surface area contributed by atoms with Crippen LogP contribution in [0.4, 0.5) is 5.82 Å². The minimum absolute atomic E-state index is 0.182. The van der Waals surface area contributed by atoms with Crippen LogP contribution < -0.4 is 5.32 Å². The SMILES string of the molecule is Cc1ccc(S(=O)(=O)N2CCN(CC(=O)Nc3ccc(Cl)cn3)CC2)c(C)c1. The Morgan fingerprint density at radius 2 is 1.86 bits per heavy atom. The third kappa shape index (κ3) is 4.88. The van der Waals surface area contributed by atoms with Gasteiger partial charge in [-0.2, -0.15) is 4.31 Å². The number of rotatable bonds is 5. The lowest BCUT2D eigenvalue weighted by molar-refractivity contribution is -0.117. The molecule has 1 amide bonds. The smallest absolute Gasteiger partial charge is 0.243 e. The van der Waals surface area contributed by atoms with Crippen molar-refractivity contribution in [2.75, 3.05) is 38.0 Å². The minimum atomic E-state index is -3.53. The standard InChI is InChI=1S/C19H23ClN4O3S/c1-14-3-5-17(15(2)11-14)28(26,27)24-9-7-23(8-10-24)13-19(25)22-18-6-4-16(20)12-21-18/h3-6,11-12H,7-10,13H2,1-2H3,(H,21,22,25). The molecule has 1 aliphatic heterocycles. The number of sulfonamides is 1. The molecule has 0 atom stereocenters. The predicted octanol–water partition coefficient (Wildman–Crippen LogP) is 2.30. The monoisotopic (exact) mass is 422 g/mol. The molecule has 0 bridgehead atoms. The molecule has 150 valence electrons. The second-order valence-electron chi connectivity index (χ2n) is 6.86. The van der Waals surface area contributed by atoms with Gasteiger partial charge in [-0.05, 0) is 37.6 Å². The lowest BCUT2D eigenvalue weighted by Gasteiger charge is -2.33. The summed E-state index contributed by atoms with van der Waals surface area (Å²) in [6.07, 6.45) is 1.47. The van der Waals surface area contributed by atoms with E-state index in [0.29, 0.717) is 41.9 Å². The summed E-state index contributed by atoms with van der Waals surface area (Å²) < 4.78 is 27.3.